The molecule has 0 radical (unpaired) electrons. The Hall–Kier alpha value is 0.0569. The fraction of sp³-hybridized carbons (Fsp3) is 1.00. The molecule has 1 saturated heterocycles. The molecule has 1 aliphatic heterocycles. The summed E-state index contributed by atoms with van der Waals surface area (Å²) in [6.07, 6.45) is 8.63. The van der Waals surface area contributed by atoms with Crippen molar-refractivity contribution in [3.8, 4) is 0 Å². The minimum Gasteiger partial charge on any atom is -0.396 e. The minimum atomic E-state index is -2.56. The molecule has 0 aromatic heterocycles. The molecule has 25 heavy (non-hydrogen) atoms. The second kappa shape index (κ2) is 10.4. The topological polar surface area (TPSA) is 36.9 Å². The Morgan fingerprint density at radius 2 is 1.56 bits per heavy atom. The van der Waals surface area contributed by atoms with Gasteiger partial charge in [0, 0.05) is 27.9 Å². The second-order valence-corrected chi connectivity index (χ2v) is 11.2. The molecular weight excluding hydrogens is 332 g/mol. The Kier molecular flexibility index (Phi) is 9.61. The van der Waals surface area contributed by atoms with Gasteiger partial charge >= 0.3 is 8.56 Å². The highest BCUT2D eigenvalue weighted by Crippen LogP contribution is 2.55. The van der Waals surface area contributed by atoms with E-state index in [2.05, 4.69) is 27.7 Å². The molecule has 1 rings (SSSR count). The number of methoxy groups -OCH3 is 1. The zero-order valence-corrected chi connectivity index (χ0v) is 18.8. The fourth-order valence-corrected chi connectivity index (χ4v) is 9.60. The predicted octanol–water partition coefficient (Wildman–Crippen LogP) is 5.23. The molecule has 0 aromatic rings. The smallest absolute Gasteiger partial charge is 0.373 e. The summed E-state index contributed by atoms with van der Waals surface area (Å²) >= 11 is 0. The van der Waals surface area contributed by atoms with Gasteiger partial charge in [-0.1, -0.05) is 53.4 Å². The van der Waals surface area contributed by atoms with Gasteiger partial charge in [0.15, 0.2) is 0 Å². The average molecular weight is 375 g/mol. The van der Waals surface area contributed by atoms with Gasteiger partial charge in [-0.3, -0.25) is 0 Å². The number of rotatable bonds is 12. The van der Waals surface area contributed by atoms with Crippen LogP contribution in [0.1, 0.15) is 79.1 Å². The lowest BCUT2D eigenvalue weighted by molar-refractivity contribution is -0.217. The third kappa shape index (κ3) is 4.01. The van der Waals surface area contributed by atoms with Gasteiger partial charge in [0.2, 0.25) is 0 Å². The highest BCUT2D eigenvalue weighted by Gasteiger charge is 2.72. The molecule has 0 aliphatic carbocycles. The molecule has 0 N–H and O–H groups in total. The van der Waals surface area contributed by atoms with E-state index in [9.17, 15) is 0 Å². The van der Waals surface area contributed by atoms with Crippen LogP contribution in [0.3, 0.4) is 0 Å². The summed E-state index contributed by atoms with van der Waals surface area (Å²) in [7, 11) is 2.90. The van der Waals surface area contributed by atoms with Crippen molar-refractivity contribution in [1.82, 2.24) is 0 Å². The summed E-state index contributed by atoms with van der Waals surface area (Å²) in [5.41, 5.74) is -0.323. The maximum Gasteiger partial charge on any atom is 0.373 e. The van der Waals surface area contributed by atoms with Crippen LogP contribution in [0.25, 0.3) is 0 Å². The van der Waals surface area contributed by atoms with Gasteiger partial charge in [0.05, 0.1) is 0 Å². The number of hydrogen-bond acceptors (Lipinski definition) is 4. The van der Waals surface area contributed by atoms with Crippen LogP contribution in [-0.4, -0.2) is 47.3 Å². The zero-order chi connectivity index (χ0) is 19.0. The van der Waals surface area contributed by atoms with E-state index in [4.69, 9.17) is 18.3 Å². The quantitative estimate of drug-likeness (QED) is 0.346. The monoisotopic (exact) mass is 374 g/mol. The summed E-state index contributed by atoms with van der Waals surface area (Å²) in [4.78, 5) is 0. The van der Waals surface area contributed by atoms with Gasteiger partial charge in [-0.25, -0.2) is 0 Å². The van der Waals surface area contributed by atoms with E-state index in [1.807, 2.05) is 21.3 Å². The van der Waals surface area contributed by atoms with Gasteiger partial charge in [-0.2, -0.15) is 0 Å². The first-order valence-corrected chi connectivity index (χ1v) is 12.3. The van der Waals surface area contributed by atoms with E-state index in [0.29, 0.717) is 5.92 Å². The predicted molar refractivity (Wildman–Crippen MR) is 106 cm³/mol. The van der Waals surface area contributed by atoms with Gasteiger partial charge in [-0.05, 0) is 37.6 Å². The maximum absolute atomic E-state index is 6.79. The largest absolute Gasteiger partial charge is 0.396 e. The van der Waals surface area contributed by atoms with E-state index >= 15 is 0 Å². The van der Waals surface area contributed by atoms with Gasteiger partial charge < -0.3 is 18.3 Å². The van der Waals surface area contributed by atoms with Crippen LogP contribution >= 0.6 is 0 Å². The Labute approximate surface area is 157 Å². The summed E-state index contributed by atoms with van der Waals surface area (Å²) < 4.78 is 25.5. The minimum absolute atomic E-state index is 0.323. The molecule has 4 nitrogen and oxygen atoms in total. The van der Waals surface area contributed by atoms with Gasteiger partial charge in [0.25, 0.3) is 0 Å². The summed E-state index contributed by atoms with van der Waals surface area (Å²) in [6.45, 7) is 9.83. The van der Waals surface area contributed by atoms with Crippen LogP contribution in [0, 0.1) is 5.92 Å². The second-order valence-electron chi connectivity index (χ2n) is 7.58. The lowest BCUT2D eigenvalue weighted by Crippen LogP contribution is -2.78. The van der Waals surface area contributed by atoms with E-state index in [0.717, 1.165) is 51.2 Å². The lowest BCUT2D eigenvalue weighted by atomic mass is 9.75. The van der Waals surface area contributed by atoms with Crippen molar-refractivity contribution in [1.29, 1.82) is 0 Å². The summed E-state index contributed by atoms with van der Waals surface area (Å²) in [5.74, 6) is 0.437. The first-order chi connectivity index (χ1) is 12.0. The Balaban J connectivity index is 3.40. The highest BCUT2D eigenvalue weighted by atomic mass is 28.4. The highest BCUT2D eigenvalue weighted by molar-refractivity contribution is 6.71. The average Bonchev–Trinajstić information content (AvgIpc) is 2.63. The summed E-state index contributed by atoms with van der Waals surface area (Å²) in [6, 6.07) is 0.971. The van der Waals surface area contributed by atoms with E-state index in [1.54, 1.807) is 0 Å². The Morgan fingerprint density at radius 1 is 0.920 bits per heavy atom. The van der Waals surface area contributed by atoms with E-state index < -0.39 is 13.8 Å². The van der Waals surface area contributed by atoms with Crippen molar-refractivity contribution in [2.75, 3.05) is 27.9 Å². The van der Waals surface area contributed by atoms with Crippen molar-refractivity contribution in [2.24, 2.45) is 5.92 Å². The van der Waals surface area contributed by atoms with Crippen molar-refractivity contribution in [2.45, 2.75) is 95.9 Å². The molecule has 0 bridgehead atoms. The molecule has 0 saturated carbocycles. The van der Waals surface area contributed by atoms with Gasteiger partial charge in [-0.15, -0.1) is 0 Å². The number of ether oxygens (including phenoxy) is 2. The lowest BCUT2D eigenvalue weighted by Gasteiger charge is -2.61. The van der Waals surface area contributed by atoms with Crippen molar-refractivity contribution >= 4 is 8.56 Å². The van der Waals surface area contributed by atoms with Crippen LogP contribution in [0.5, 0.6) is 0 Å². The fourth-order valence-electron chi connectivity index (χ4n) is 5.12. The molecular formula is C20H42O4Si. The molecule has 1 fully saturated rings. The summed E-state index contributed by atoms with van der Waals surface area (Å²) in [5, 5.41) is -0.460. The van der Waals surface area contributed by atoms with Crippen molar-refractivity contribution in [3.05, 3.63) is 0 Å². The van der Waals surface area contributed by atoms with Gasteiger partial charge in [0.1, 0.15) is 10.8 Å². The maximum atomic E-state index is 6.79. The van der Waals surface area contributed by atoms with E-state index in [-0.39, 0.29) is 5.60 Å². The normalized spacial score (nSPS) is 32.0. The third-order valence-corrected chi connectivity index (χ3v) is 10.7. The van der Waals surface area contributed by atoms with Crippen LogP contribution in [0.2, 0.25) is 6.04 Å². The standard InChI is InChI=1S/C20H42O4Si/c1-8-11-12-16-24-19(14-9-2)18(4)13-17-25(22-6,23-7)20(19,21-5)15-10-3/h18H,8-17H2,1-7H3. The molecule has 1 heterocycles. The molecule has 0 spiro atoms. The molecule has 0 amide bonds. The molecule has 1 aliphatic rings. The van der Waals surface area contributed by atoms with Crippen molar-refractivity contribution < 1.29 is 18.3 Å². The van der Waals surface area contributed by atoms with Crippen LogP contribution in [-0.2, 0) is 18.3 Å². The first-order valence-electron chi connectivity index (χ1n) is 10.3. The molecule has 3 atom stereocenters. The molecule has 150 valence electrons. The zero-order valence-electron chi connectivity index (χ0n) is 17.8. The van der Waals surface area contributed by atoms with Crippen molar-refractivity contribution in [3.63, 3.8) is 0 Å². The first kappa shape index (κ1) is 23.1. The van der Waals surface area contributed by atoms with Crippen LogP contribution in [0.15, 0.2) is 0 Å². The van der Waals surface area contributed by atoms with Crippen LogP contribution < -0.4 is 0 Å². The third-order valence-electron chi connectivity index (χ3n) is 6.34. The SMILES string of the molecule is CCCCCOC1(CCC)C(C)CC[Si](OC)(OC)C1(CCC)OC. The van der Waals surface area contributed by atoms with Crippen LogP contribution in [0.4, 0.5) is 0 Å². The van der Waals surface area contributed by atoms with E-state index in [1.165, 1.54) is 12.8 Å². The number of hydrogen-bond donors (Lipinski definition) is 0. The molecule has 5 heteroatoms. The number of unbranched alkanes of at least 4 members (excludes halogenated alkanes) is 2. The Bertz CT molecular complexity index is 375. The molecule has 3 unspecified atom stereocenters. The molecule has 0 aromatic carbocycles. The Morgan fingerprint density at radius 3 is 2.04 bits per heavy atom.